The molecule has 0 N–H and O–H groups in total. The zero-order valence-electron chi connectivity index (χ0n) is 21.1. The number of rotatable bonds is 11. The van der Waals surface area contributed by atoms with Gasteiger partial charge in [0.15, 0.2) is 11.5 Å². The van der Waals surface area contributed by atoms with E-state index in [-0.39, 0.29) is 0 Å². The Kier molecular flexibility index (Phi) is 8.65. The summed E-state index contributed by atoms with van der Waals surface area (Å²) in [5, 5.41) is 0. The van der Waals surface area contributed by atoms with Crippen LogP contribution in [0.3, 0.4) is 0 Å². The van der Waals surface area contributed by atoms with Crippen LogP contribution in [0.4, 0.5) is 0 Å². The number of nitrogens with zero attached hydrogens (tertiary/aromatic N) is 1. The molecular formula is C31H39NO2. The molecule has 0 saturated carbocycles. The number of hydrogen-bond acceptors (Lipinski definition) is 3. The minimum atomic E-state index is 0.338. The number of unbranched alkanes of at least 4 members (excludes halogenated alkanes) is 2. The number of likely N-dealkylation sites (N-methyl/N-ethyl adjacent to an activating group) is 1. The molecule has 0 aliphatic carbocycles. The van der Waals surface area contributed by atoms with Gasteiger partial charge in [-0.1, -0.05) is 81.3 Å². The molecule has 1 aliphatic heterocycles. The van der Waals surface area contributed by atoms with Crippen molar-refractivity contribution in [2.24, 2.45) is 0 Å². The molecule has 0 aromatic heterocycles. The van der Waals surface area contributed by atoms with Gasteiger partial charge in [0.2, 0.25) is 0 Å². The summed E-state index contributed by atoms with van der Waals surface area (Å²) in [6, 6.07) is 24.5. The van der Waals surface area contributed by atoms with Crippen molar-refractivity contribution in [3.8, 4) is 22.6 Å². The Morgan fingerprint density at radius 2 is 1.41 bits per heavy atom. The number of hydrogen-bond donors (Lipinski definition) is 0. The van der Waals surface area contributed by atoms with Gasteiger partial charge in [-0.3, -0.25) is 4.90 Å². The third-order valence-corrected chi connectivity index (χ3v) is 6.83. The molecule has 3 heteroatoms. The lowest BCUT2D eigenvalue weighted by Gasteiger charge is -2.35. The fourth-order valence-corrected chi connectivity index (χ4v) is 4.67. The highest BCUT2D eigenvalue weighted by Crippen LogP contribution is 2.39. The Hall–Kier alpha value is -2.78. The van der Waals surface area contributed by atoms with E-state index in [2.05, 4.69) is 92.5 Å². The Morgan fingerprint density at radius 1 is 0.794 bits per heavy atom. The topological polar surface area (TPSA) is 21.7 Å². The van der Waals surface area contributed by atoms with E-state index in [1.165, 1.54) is 27.8 Å². The summed E-state index contributed by atoms with van der Waals surface area (Å²) in [5.74, 6) is 1.82. The normalized spacial score (nSPS) is 15.7. The first-order valence-electron chi connectivity index (χ1n) is 13.0. The third-order valence-electron chi connectivity index (χ3n) is 6.83. The van der Waals surface area contributed by atoms with Crippen molar-refractivity contribution in [3.63, 3.8) is 0 Å². The van der Waals surface area contributed by atoms with Crippen LogP contribution in [-0.4, -0.2) is 31.7 Å². The molecule has 0 spiro atoms. The smallest absolute Gasteiger partial charge is 0.161 e. The molecule has 34 heavy (non-hydrogen) atoms. The largest absolute Gasteiger partial charge is 0.490 e. The maximum Gasteiger partial charge on any atom is 0.161 e. The zero-order chi connectivity index (χ0) is 23.8. The Labute approximate surface area is 205 Å². The van der Waals surface area contributed by atoms with Gasteiger partial charge in [-0.25, -0.2) is 0 Å². The first-order chi connectivity index (χ1) is 16.7. The standard InChI is InChI=1S/C31H39NO2/c1-4-6-19-33-30-22-27-17-18-32(3)29(28(27)23-31(30)34-20-7-5-2)21-24-13-15-26(16-14-24)25-11-9-8-10-12-25/h8-16,22-23,29H,4-7,17-21H2,1-3H3. The highest BCUT2D eigenvalue weighted by Gasteiger charge is 2.27. The van der Waals surface area contributed by atoms with E-state index in [9.17, 15) is 0 Å². The van der Waals surface area contributed by atoms with Crippen molar-refractivity contribution < 1.29 is 9.47 Å². The van der Waals surface area contributed by atoms with Crippen molar-refractivity contribution in [2.75, 3.05) is 26.8 Å². The van der Waals surface area contributed by atoms with Gasteiger partial charge < -0.3 is 9.47 Å². The van der Waals surface area contributed by atoms with Gasteiger partial charge >= 0.3 is 0 Å². The zero-order valence-corrected chi connectivity index (χ0v) is 21.1. The fourth-order valence-electron chi connectivity index (χ4n) is 4.67. The van der Waals surface area contributed by atoms with Crippen molar-refractivity contribution in [1.29, 1.82) is 0 Å². The molecule has 4 rings (SSSR count). The molecule has 1 heterocycles. The predicted octanol–water partition coefficient (Wildman–Crippen LogP) is 7.48. The predicted molar refractivity (Wildman–Crippen MR) is 142 cm³/mol. The van der Waals surface area contributed by atoms with E-state index in [4.69, 9.17) is 9.47 Å². The van der Waals surface area contributed by atoms with E-state index in [1.54, 1.807) is 0 Å². The van der Waals surface area contributed by atoms with Crippen molar-refractivity contribution in [1.82, 2.24) is 4.90 Å². The second-order valence-corrected chi connectivity index (χ2v) is 9.42. The number of fused-ring (bicyclic) bond motifs is 1. The monoisotopic (exact) mass is 457 g/mol. The van der Waals surface area contributed by atoms with Crippen molar-refractivity contribution in [2.45, 2.75) is 58.4 Å². The summed E-state index contributed by atoms with van der Waals surface area (Å²) >= 11 is 0. The van der Waals surface area contributed by atoms with Gasteiger partial charge in [0.05, 0.1) is 13.2 Å². The Bertz CT molecular complexity index is 1030. The number of ether oxygens (including phenoxy) is 2. The van der Waals surface area contributed by atoms with Gasteiger partial charge in [0, 0.05) is 12.6 Å². The molecule has 0 amide bonds. The molecule has 3 nitrogen and oxygen atoms in total. The Balaban J connectivity index is 1.57. The van der Waals surface area contributed by atoms with E-state index in [0.29, 0.717) is 6.04 Å². The fraction of sp³-hybridized carbons (Fsp3) is 0.419. The van der Waals surface area contributed by atoms with Crippen LogP contribution in [0.15, 0.2) is 66.7 Å². The highest BCUT2D eigenvalue weighted by atomic mass is 16.5. The molecule has 0 radical (unpaired) electrons. The summed E-state index contributed by atoms with van der Waals surface area (Å²) in [6.45, 7) is 6.94. The van der Waals surface area contributed by atoms with Gasteiger partial charge in [0.25, 0.3) is 0 Å². The summed E-state index contributed by atoms with van der Waals surface area (Å²) in [5.41, 5.74) is 6.68. The quantitative estimate of drug-likeness (QED) is 0.279. The summed E-state index contributed by atoms with van der Waals surface area (Å²) in [6.07, 6.45) is 6.42. The van der Waals surface area contributed by atoms with Crippen molar-refractivity contribution >= 4 is 0 Å². The summed E-state index contributed by atoms with van der Waals surface area (Å²) in [4.78, 5) is 2.49. The second-order valence-electron chi connectivity index (χ2n) is 9.42. The lowest BCUT2D eigenvalue weighted by atomic mass is 9.88. The van der Waals surface area contributed by atoms with Gasteiger partial charge in [-0.05, 0) is 72.7 Å². The molecule has 3 aromatic carbocycles. The first-order valence-corrected chi connectivity index (χ1v) is 13.0. The van der Waals surface area contributed by atoms with Crippen LogP contribution in [-0.2, 0) is 12.8 Å². The molecule has 1 unspecified atom stereocenters. The van der Waals surface area contributed by atoms with Gasteiger partial charge in [0.1, 0.15) is 0 Å². The average molecular weight is 458 g/mol. The number of benzene rings is 3. The second kappa shape index (κ2) is 12.1. The van der Waals surface area contributed by atoms with Crippen molar-refractivity contribution in [3.05, 3.63) is 83.4 Å². The van der Waals surface area contributed by atoms with Crippen LogP contribution in [0.5, 0.6) is 11.5 Å². The highest BCUT2D eigenvalue weighted by molar-refractivity contribution is 5.63. The van der Waals surface area contributed by atoms with Crippen LogP contribution in [0, 0.1) is 0 Å². The molecular weight excluding hydrogens is 418 g/mol. The molecule has 0 saturated heterocycles. The van der Waals surface area contributed by atoms with Gasteiger partial charge in [-0.2, -0.15) is 0 Å². The molecule has 180 valence electrons. The van der Waals surface area contributed by atoms with E-state index in [0.717, 1.165) is 69.8 Å². The van der Waals surface area contributed by atoms with E-state index < -0.39 is 0 Å². The molecule has 0 fully saturated rings. The van der Waals surface area contributed by atoms with Crippen LogP contribution in [0.1, 0.15) is 62.3 Å². The third kappa shape index (κ3) is 6.01. The van der Waals surface area contributed by atoms with Gasteiger partial charge in [-0.15, -0.1) is 0 Å². The minimum Gasteiger partial charge on any atom is -0.490 e. The molecule has 3 aromatic rings. The molecule has 0 bridgehead atoms. The molecule has 1 atom stereocenters. The molecule has 1 aliphatic rings. The summed E-state index contributed by atoms with van der Waals surface area (Å²) in [7, 11) is 2.25. The van der Waals surface area contributed by atoms with E-state index >= 15 is 0 Å². The lowest BCUT2D eigenvalue weighted by Crippen LogP contribution is -2.33. The first kappa shape index (κ1) is 24.3. The van der Waals surface area contributed by atoms with Crippen LogP contribution in [0.25, 0.3) is 11.1 Å². The van der Waals surface area contributed by atoms with E-state index in [1.807, 2.05) is 0 Å². The van der Waals surface area contributed by atoms with Crippen LogP contribution in [0.2, 0.25) is 0 Å². The maximum atomic E-state index is 6.23. The SMILES string of the molecule is CCCCOc1cc2c(cc1OCCCC)C(Cc1ccc(-c3ccccc3)cc1)N(C)CC2. The minimum absolute atomic E-state index is 0.338. The summed E-state index contributed by atoms with van der Waals surface area (Å²) < 4.78 is 12.4. The maximum absolute atomic E-state index is 6.23. The average Bonchev–Trinajstić information content (AvgIpc) is 2.87. The Morgan fingerprint density at radius 3 is 2.06 bits per heavy atom. The van der Waals surface area contributed by atoms with Crippen LogP contribution >= 0.6 is 0 Å². The van der Waals surface area contributed by atoms with Crippen LogP contribution < -0.4 is 9.47 Å². The lowest BCUT2D eigenvalue weighted by molar-refractivity contribution is 0.224.